The zero-order chi connectivity index (χ0) is 13.5. The van der Waals surface area contributed by atoms with Crippen LogP contribution in [0.5, 0.6) is 0 Å². The van der Waals surface area contributed by atoms with E-state index in [2.05, 4.69) is 10.6 Å². The van der Waals surface area contributed by atoms with Crippen molar-refractivity contribution >= 4 is 11.8 Å². The Morgan fingerprint density at radius 2 is 1.72 bits per heavy atom. The average Bonchev–Trinajstić information content (AvgIpc) is 2.39. The molecule has 0 aromatic heterocycles. The molecule has 2 atom stereocenters. The second-order valence-electron chi connectivity index (χ2n) is 5.38. The van der Waals surface area contributed by atoms with Crippen LogP contribution in [0.15, 0.2) is 0 Å². The summed E-state index contributed by atoms with van der Waals surface area (Å²) in [6.45, 7) is 5.74. The lowest BCUT2D eigenvalue weighted by atomic mass is 9.88. The number of carbonyl (C=O) groups excluding carboxylic acids is 2. The summed E-state index contributed by atoms with van der Waals surface area (Å²) in [6.07, 6.45) is 6.32. The first-order chi connectivity index (χ1) is 8.54. The molecule has 4 heteroatoms. The molecule has 0 radical (unpaired) electrons. The maximum absolute atomic E-state index is 12.0. The summed E-state index contributed by atoms with van der Waals surface area (Å²) in [4.78, 5) is 23.8. The summed E-state index contributed by atoms with van der Waals surface area (Å²) in [7, 11) is 0. The van der Waals surface area contributed by atoms with Crippen LogP contribution < -0.4 is 10.6 Å². The zero-order valence-electron chi connectivity index (χ0n) is 11.8. The van der Waals surface area contributed by atoms with Crippen molar-refractivity contribution in [1.29, 1.82) is 0 Å². The molecule has 1 rings (SSSR count). The number of carbonyl (C=O) groups is 2. The Morgan fingerprint density at radius 3 is 2.28 bits per heavy atom. The SMILES string of the molecule is CC[C@H](C)NC(=O)[C@H](C)NC(=O)C1CCCCC1. The highest BCUT2D eigenvalue weighted by Crippen LogP contribution is 2.23. The normalized spacial score (nSPS) is 19.9. The molecular weight excluding hydrogens is 228 g/mol. The minimum Gasteiger partial charge on any atom is -0.352 e. The van der Waals surface area contributed by atoms with Crippen molar-refractivity contribution in [2.75, 3.05) is 0 Å². The topological polar surface area (TPSA) is 58.2 Å². The van der Waals surface area contributed by atoms with Crippen LogP contribution in [0.2, 0.25) is 0 Å². The standard InChI is InChI=1S/C14H26N2O2/c1-4-10(2)15-13(17)11(3)16-14(18)12-8-6-5-7-9-12/h10-12H,4-9H2,1-3H3,(H,15,17)(H,16,18)/t10-,11-/m0/s1. The minimum atomic E-state index is -0.437. The van der Waals surface area contributed by atoms with Crippen LogP contribution in [0, 0.1) is 5.92 Å². The minimum absolute atomic E-state index is 0.0431. The molecule has 0 spiro atoms. The first-order valence-electron chi connectivity index (χ1n) is 7.15. The maximum Gasteiger partial charge on any atom is 0.242 e. The van der Waals surface area contributed by atoms with Gasteiger partial charge in [0.1, 0.15) is 6.04 Å². The monoisotopic (exact) mass is 254 g/mol. The van der Waals surface area contributed by atoms with Crippen LogP contribution in [0.1, 0.15) is 59.3 Å². The molecule has 0 aromatic rings. The number of rotatable bonds is 5. The molecule has 0 unspecified atom stereocenters. The van der Waals surface area contributed by atoms with Gasteiger partial charge in [-0.25, -0.2) is 0 Å². The van der Waals surface area contributed by atoms with E-state index >= 15 is 0 Å². The van der Waals surface area contributed by atoms with Crippen molar-refractivity contribution < 1.29 is 9.59 Å². The molecule has 104 valence electrons. The van der Waals surface area contributed by atoms with E-state index in [1.807, 2.05) is 13.8 Å². The maximum atomic E-state index is 12.0. The van der Waals surface area contributed by atoms with Gasteiger partial charge < -0.3 is 10.6 Å². The lowest BCUT2D eigenvalue weighted by molar-refractivity contribution is -0.131. The van der Waals surface area contributed by atoms with Gasteiger partial charge in [0.2, 0.25) is 11.8 Å². The number of hydrogen-bond acceptors (Lipinski definition) is 2. The van der Waals surface area contributed by atoms with Crippen LogP contribution in [0.25, 0.3) is 0 Å². The van der Waals surface area contributed by atoms with Crippen molar-refractivity contribution in [3.05, 3.63) is 0 Å². The summed E-state index contributed by atoms with van der Waals surface area (Å²) < 4.78 is 0. The van der Waals surface area contributed by atoms with E-state index in [-0.39, 0.29) is 23.8 Å². The molecular formula is C14H26N2O2. The fourth-order valence-corrected chi connectivity index (χ4v) is 2.23. The predicted octanol–water partition coefficient (Wildman–Crippen LogP) is 1.99. The summed E-state index contributed by atoms with van der Waals surface area (Å²) in [5, 5.41) is 5.71. The largest absolute Gasteiger partial charge is 0.352 e. The fourth-order valence-electron chi connectivity index (χ4n) is 2.23. The molecule has 0 aromatic carbocycles. The number of nitrogens with one attached hydrogen (secondary N) is 2. The second-order valence-corrected chi connectivity index (χ2v) is 5.38. The molecule has 2 N–H and O–H groups in total. The summed E-state index contributed by atoms with van der Waals surface area (Å²) in [5.74, 6) is 0.0626. The van der Waals surface area contributed by atoms with Gasteiger partial charge in [0.05, 0.1) is 0 Å². The molecule has 0 saturated heterocycles. The van der Waals surface area contributed by atoms with E-state index in [4.69, 9.17) is 0 Å². The predicted molar refractivity (Wildman–Crippen MR) is 72.1 cm³/mol. The van der Waals surface area contributed by atoms with E-state index in [1.54, 1.807) is 6.92 Å². The molecule has 0 heterocycles. The van der Waals surface area contributed by atoms with E-state index < -0.39 is 6.04 Å². The van der Waals surface area contributed by atoms with Crippen LogP contribution >= 0.6 is 0 Å². The van der Waals surface area contributed by atoms with Gasteiger partial charge in [-0.15, -0.1) is 0 Å². The van der Waals surface area contributed by atoms with Gasteiger partial charge in [-0.05, 0) is 33.1 Å². The third kappa shape index (κ3) is 4.67. The highest BCUT2D eigenvalue weighted by Gasteiger charge is 2.24. The quantitative estimate of drug-likeness (QED) is 0.788. The smallest absolute Gasteiger partial charge is 0.242 e. The molecule has 1 saturated carbocycles. The van der Waals surface area contributed by atoms with Crippen LogP contribution in [-0.4, -0.2) is 23.9 Å². The van der Waals surface area contributed by atoms with E-state index in [1.165, 1.54) is 6.42 Å². The third-order valence-corrected chi connectivity index (χ3v) is 3.73. The van der Waals surface area contributed by atoms with Crippen molar-refractivity contribution in [3.8, 4) is 0 Å². The first kappa shape index (κ1) is 15.0. The van der Waals surface area contributed by atoms with Gasteiger partial charge in [0.15, 0.2) is 0 Å². The summed E-state index contributed by atoms with van der Waals surface area (Å²) >= 11 is 0. The van der Waals surface area contributed by atoms with E-state index in [0.717, 1.165) is 32.1 Å². The highest BCUT2D eigenvalue weighted by molar-refractivity contribution is 5.88. The van der Waals surface area contributed by atoms with E-state index in [0.29, 0.717) is 0 Å². The van der Waals surface area contributed by atoms with Gasteiger partial charge in [-0.1, -0.05) is 26.2 Å². The average molecular weight is 254 g/mol. The highest BCUT2D eigenvalue weighted by atomic mass is 16.2. The molecule has 0 bridgehead atoms. The number of hydrogen-bond donors (Lipinski definition) is 2. The Bertz CT molecular complexity index is 286. The molecule has 18 heavy (non-hydrogen) atoms. The molecule has 1 aliphatic carbocycles. The molecule has 4 nitrogen and oxygen atoms in total. The number of amides is 2. The Hall–Kier alpha value is -1.06. The molecule has 1 aliphatic rings. The van der Waals surface area contributed by atoms with Crippen molar-refractivity contribution in [2.24, 2.45) is 5.92 Å². The second kappa shape index (κ2) is 7.39. The van der Waals surface area contributed by atoms with Crippen LogP contribution in [-0.2, 0) is 9.59 Å². The van der Waals surface area contributed by atoms with Gasteiger partial charge in [-0.3, -0.25) is 9.59 Å². The van der Waals surface area contributed by atoms with Crippen LogP contribution in [0.3, 0.4) is 0 Å². The molecule has 1 fully saturated rings. The Morgan fingerprint density at radius 1 is 1.11 bits per heavy atom. The third-order valence-electron chi connectivity index (χ3n) is 3.73. The Labute approximate surface area is 110 Å². The van der Waals surface area contributed by atoms with E-state index in [9.17, 15) is 9.59 Å². The van der Waals surface area contributed by atoms with Crippen molar-refractivity contribution in [3.63, 3.8) is 0 Å². The van der Waals surface area contributed by atoms with Crippen LogP contribution in [0.4, 0.5) is 0 Å². The van der Waals surface area contributed by atoms with Gasteiger partial charge in [0.25, 0.3) is 0 Å². The van der Waals surface area contributed by atoms with Gasteiger partial charge in [0, 0.05) is 12.0 Å². The zero-order valence-corrected chi connectivity index (χ0v) is 11.8. The lowest BCUT2D eigenvalue weighted by Crippen LogP contribution is -2.48. The summed E-state index contributed by atoms with van der Waals surface area (Å²) in [6, 6.07) is -0.278. The summed E-state index contributed by atoms with van der Waals surface area (Å²) in [5.41, 5.74) is 0. The van der Waals surface area contributed by atoms with Gasteiger partial charge in [-0.2, -0.15) is 0 Å². The molecule has 2 amide bonds. The fraction of sp³-hybridized carbons (Fsp3) is 0.857. The Balaban J connectivity index is 2.35. The lowest BCUT2D eigenvalue weighted by Gasteiger charge is -2.23. The van der Waals surface area contributed by atoms with Crippen molar-refractivity contribution in [2.45, 2.75) is 71.4 Å². The Kier molecular flexibility index (Phi) is 6.16. The molecule has 0 aliphatic heterocycles. The van der Waals surface area contributed by atoms with Gasteiger partial charge >= 0.3 is 0 Å². The van der Waals surface area contributed by atoms with Crippen molar-refractivity contribution in [1.82, 2.24) is 10.6 Å². The first-order valence-corrected chi connectivity index (χ1v) is 7.15.